The summed E-state index contributed by atoms with van der Waals surface area (Å²) in [6.45, 7) is 4.27. The summed E-state index contributed by atoms with van der Waals surface area (Å²) in [6.07, 6.45) is 13.0. The molecule has 0 spiro atoms. The summed E-state index contributed by atoms with van der Waals surface area (Å²) < 4.78 is 11.1. The Labute approximate surface area is 199 Å². The normalized spacial score (nSPS) is 15.0. The number of hydrazine groups is 1. The summed E-state index contributed by atoms with van der Waals surface area (Å²) in [6, 6.07) is 4.75. The number of H-pyrrole nitrogens is 1. The maximum atomic E-state index is 5.66. The van der Waals surface area contributed by atoms with Crippen molar-refractivity contribution < 1.29 is 9.47 Å². The molecular weight excluding hydrogens is 435 g/mol. The molecule has 1 unspecified atom stereocenters. The second-order valence-electron chi connectivity index (χ2n) is 7.81. The van der Waals surface area contributed by atoms with Gasteiger partial charge in [-0.2, -0.15) is 0 Å². The van der Waals surface area contributed by atoms with Crippen molar-refractivity contribution in [2.45, 2.75) is 64.3 Å². The van der Waals surface area contributed by atoms with Crippen molar-refractivity contribution in [3.05, 3.63) is 41.5 Å². The van der Waals surface area contributed by atoms with E-state index in [0.717, 1.165) is 56.0 Å². The minimum Gasteiger partial charge on any atom is -0.493 e. The topological polar surface area (TPSA) is 62.4 Å². The number of nitrogens with zero attached hydrogens (tertiary/aromatic N) is 2. The van der Waals surface area contributed by atoms with E-state index in [-0.39, 0.29) is 24.8 Å². The Bertz CT molecular complexity index is 743. The van der Waals surface area contributed by atoms with Gasteiger partial charge >= 0.3 is 0 Å². The number of nitrogens with one attached hydrogen (secondary N) is 2. The predicted molar refractivity (Wildman–Crippen MR) is 131 cm³/mol. The lowest BCUT2D eigenvalue weighted by Crippen LogP contribution is -2.49. The van der Waals surface area contributed by atoms with Crippen LogP contribution in [0.5, 0.6) is 11.5 Å². The molecule has 1 aromatic heterocycles. The molecular formula is C23H38Cl2N4O2. The number of aromatic amines is 1. The molecule has 1 heterocycles. The predicted octanol–water partition coefficient (Wildman–Crippen LogP) is 4.76. The zero-order valence-corrected chi connectivity index (χ0v) is 20.6. The Hall–Kier alpha value is -1.47. The number of rotatable bonds is 12. The van der Waals surface area contributed by atoms with E-state index in [1.807, 2.05) is 12.3 Å². The first-order valence-corrected chi connectivity index (χ1v) is 11.0. The van der Waals surface area contributed by atoms with E-state index >= 15 is 0 Å². The molecule has 1 aromatic carbocycles. The molecule has 176 valence electrons. The fraction of sp³-hybridized carbons (Fsp3) is 0.609. The van der Waals surface area contributed by atoms with Gasteiger partial charge < -0.3 is 14.5 Å². The maximum absolute atomic E-state index is 5.66. The highest BCUT2D eigenvalue weighted by Gasteiger charge is 2.27. The van der Waals surface area contributed by atoms with Crippen LogP contribution in [0.25, 0.3) is 0 Å². The van der Waals surface area contributed by atoms with Crippen LogP contribution in [0.3, 0.4) is 0 Å². The third-order valence-electron chi connectivity index (χ3n) is 5.87. The molecule has 1 atom stereocenters. The highest BCUT2D eigenvalue weighted by molar-refractivity contribution is 5.85. The number of unbranched alkanes of at least 4 members (excludes halogenated alkanes) is 3. The Morgan fingerprint density at radius 2 is 2.00 bits per heavy atom. The maximum Gasteiger partial charge on any atom is 0.164 e. The minimum atomic E-state index is 0. The van der Waals surface area contributed by atoms with Gasteiger partial charge in [-0.1, -0.05) is 32.3 Å². The summed E-state index contributed by atoms with van der Waals surface area (Å²) in [7, 11) is 3.44. The van der Waals surface area contributed by atoms with Gasteiger partial charge in [-0.15, -0.1) is 24.8 Å². The fourth-order valence-corrected chi connectivity index (χ4v) is 4.28. The molecule has 8 heteroatoms. The van der Waals surface area contributed by atoms with Crippen LogP contribution in [-0.2, 0) is 19.3 Å². The number of methoxy groups -OCH3 is 2. The summed E-state index contributed by atoms with van der Waals surface area (Å²) in [4.78, 5) is 7.37. The average Bonchev–Trinajstić information content (AvgIpc) is 3.27. The van der Waals surface area contributed by atoms with Crippen LogP contribution in [0.1, 0.15) is 55.8 Å². The summed E-state index contributed by atoms with van der Waals surface area (Å²) in [5, 5.41) is 2.49. The molecule has 0 saturated heterocycles. The smallest absolute Gasteiger partial charge is 0.164 e. The van der Waals surface area contributed by atoms with E-state index in [1.54, 1.807) is 20.5 Å². The Morgan fingerprint density at radius 3 is 2.68 bits per heavy atom. The van der Waals surface area contributed by atoms with E-state index in [1.165, 1.54) is 36.8 Å². The first-order chi connectivity index (χ1) is 14.3. The second kappa shape index (κ2) is 14.6. The minimum absolute atomic E-state index is 0. The number of hydrogen-bond acceptors (Lipinski definition) is 5. The Balaban J connectivity index is 0.00000240. The quantitative estimate of drug-likeness (QED) is 0.344. The van der Waals surface area contributed by atoms with Gasteiger partial charge in [-0.05, 0) is 37.3 Å². The van der Waals surface area contributed by atoms with Crippen LogP contribution < -0.4 is 14.9 Å². The van der Waals surface area contributed by atoms with E-state index in [9.17, 15) is 0 Å². The molecule has 1 aliphatic rings. The number of fused-ring (bicyclic) bond motifs is 1. The number of aromatic nitrogens is 2. The Kier molecular flexibility index (Phi) is 13.0. The number of benzene rings is 1. The van der Waals surface area contributed by atoms with E-state index in [4.69, 9.17) is 9.47 Å². The second-order valence-corrected chi connectivity index (χ2v) is 7.81. The monoisotopic (exact) mass is 472 g/mol. The largest absolute Gasteiger partial charge is 0.493 e. The van der Waals surface area contributed by atoms with E-state index in [0.29, 0.717) is 6.04 Å². The molecule has 0 fully saturated rings. The zero-order valence-electron chi connectivity index (χ0n) is 19.0. The third-order valence-corrected chi connectivity index (χ3v) is 5.87. The molecule has 0 radical (unpaired) electrons. The summed E-state index contributed by atoms with van der Waals surface area (Å²) >= 11 is 0. The molecule has 0 saturated carbocycles. The van der Waals surface area contributed by atoms with Crippen molar-refractivity contribution in [3.8, 4) is 11.5 Å². The van der Waals surface area contributed by atoms with Crippen molar-refractivity contribution in [3.63, 3.8) is 0 Å². The molecule has 6 nitrogen and oxygen atoms in total. The molecule has 0 amide bonds. The van der Waals surface area contributed by atoms with Gasteiger partial charge in [-0.3, -0.25) is 5.43 Å². The van der Waals surface area contributed by atoms with Gasteiger partial charge in [0.1, 0.15) is 0 Å². The van der Waals surface area contributed by atoms with Crippen LogP contribution in [0.15, 0.2) is 24.7 Å². The van der Waals surface area contributed by atoms with Gasteiger partial charge in [0, 0.05) is 37.3 Å². The number of ether oxygens (including phenoxy) is 2. The lowest BCUT2D eigenvalue weighted by molar-refractivity contribution is 0.109. The first kappa shape index (κ1) is 27.6. The van der Waals surface area contributed by atoms with Crippen molar-refractivity contribution in [1.29, 1.82) is 0 Å². The molecule has 2 N–H and O–H groups in total. The molecule has 0 aliphatic heterocycles. The summed E-state index contributed by atoms with van der Waals surface area (Å²) in [5.74, 6) is 1.74. The van der Waals surface area contributed by atoms with Crippen molar-refractivity contribution in [2.75, 3.05) is 27.3 Å². The Morgan fingerprint density at radius 1 is 1.16 bits per heavy atom. The zero-order chi connectivity index (χ0) is 20.5. The van der Waals surface area contributed by atoms with Crippen LogP contribution in [0.2, 0.25) is 0 Å². The number of halogens is 2. The average molecular weight is 473 g/mol. The molecule has 0 bridgehead atoms. The highest BCUT2D eigenvalue weighted by Crippen LogP contribution is 2.38. The van der Waals surface area contributed by atoms with Crippen LogP contribution in [0, 0.1) is 0 Å². The van der Waals surface area contributed by atoms with Gasteiger partial charge in [0.05, 0.1) is 26.2 Å². The molecule has 31 heavy (non-hydrogen) atoms. The summed E-state index contributed by atoms with van der Waals surface area (Å²) in [5.41, 5.74) is 7.51. The third kappa shape index (κ3) is 7.56. The van der Waals surface area contributed by atoms with E-state index in [2.05, 4.69) is 33.4 Å². The lowest BCUT2D eigenvalue weighted by Gasteiger charge is -2.36. The lowest BCUT2D eigenvalue weighted by atomic mass is 9.87. The molecule has 2 aromatic rings. The van der Waals surface area contributed by atoms with Crippen molar-refractivity contribution in [2.24, 2.45) is 0 Å². The molecule has 3 rings (SSSR count). The van der Waals surface area contributed by atoms with Crippen LogP contribution in [-0.4, -0.2) is 48.3 Å². The van der Waals surface area contributed by atoms with E-state index < -0.39 is 0 Å². The molecule has 1 aliphatic carbocycles. The van der Waals surface area contributed by atoms with Gasteiger partial charge in [-0.25, -0.2) is 9.99 Å². The van der Waals surface area contributed by atoms with Crippen molar-refractivity contribution in [1.82, 2.24) is 20.4 Å². The SMILES string of the molecule is CCCCCCN(NCCc1c[nH]cn1)C1CCc2c(ccc(OC)c2OC)C1.Cl.Cl. The first-order valence-electron chi connectivity index (χ1n) is 11.0. The fourth-order valence-electron chi connectivity index (χ4n) is 4.28. The van der Waals surface area contributed by atoms with Gasteiger partial charge in [0.2, 0.25) is 0 Å². The van der Waals surface area contributed by atoms with Crippen LogP contribution in [0.4, 0.5) is 0 Å². The van der Waals surface area contributed by atoms with Gasteiger partial charge in [0.15, 0.2) is 11.5 Å². The van der Waals surface area contributed by atoms with Crippen LogP contribution >= 0.6 is 24.8 Å². The number of imidazole rings is 1. The highest BCUT2D eigenvalue weighted by atomic mass is 35.5. The van der Waals surface area contributed by atoms with Gasteiger partial charge in [0.25, 0.3) is 0 Å². The van der Waals surface area contributed by atoms with Crippen molar-refractivity contribution >= 4 is 24.8 Å². The standard InChI is InChI=1S/C23H36N4O2.2ClH/c1-4-5-6-7-14-27(26-13-12-19-16-24-17-25-19)20-9-10-21-18(15-20)8-11-22(28-2)23(21)29-3;;/h8,11,16-17,20,26H,4-7,9-10,12-15H2,1-3H3,(H,24,25);2*1H. The number of hydrogen-bond donors (Lipinski definition) is 2.